The molecule has 4 rings (SSSR count). The number of hydrogen-bond donors (Lipinski definition) is 0. The van der Waals surface area contributed by atoms with Gasteiger partial charge in [0.15, 0.2) is 0 Å². The number of rotatable bonds is 6. The largest absolute Gasteiger partial charge is 0.465 e. The summed E-state index contributed by atoms with van der Waals surface area (Å²) in [5.74, 6) is -0.454. The van der Waals surface area contributed by atoms with E-state index in [1.165, 1.54) is 37.5 Å². The third-order valence-electron chi connectivity index (χ3n) is 4.95. The van der Waals surface area contributed by atoms with E-state index < -0.39 is 22.0 Å². The number of ether oxygens (including phenoxy) is 1. The third-order valence-corrected chi connectivity index (χ3v) is 6.18. The number of nitro groups is 1. The van der Waals surface area contributed by atoms with Crippen LogP contribution in [0, 0.1) is 10.1 Å². The molecule has 11 heteroatoms. The summed E-state index contributed by atoms with van der Waals surface area (Å²) in [5.41, 5.74) is 0.820. The fourth-order valence-corrected chi connectivity index (χ4v) is 4.30. The highest BCUT2D eigenvalue weighted by Crippen LogP contribution is 2.35. The Hall–Kier alpha value is -3.89. The van der Waals surface area contributed by atoms with E-state index in [0.29, 0.717) is 28.8 Å². The molecule has 172 valence electrons. The standard InChI is InChI=1S/C23H15ClN2O7S/c1-32-22(28)16-10-13(6-8-17(16)24)19-9-7-15(33-19)11-20-21(27)25(23(29)34-20)12-14-4-2-3-5-18(14)26(30)31/h2-11H,12H2,1H3/b20-11+. The lowest BCUT2D eigenvalue weighted by atomic mass is 10.1. The fourth-order valence-electron chi connectivity index (χ4n) is 3.29. The summed E-state index contributed by atoms with van der Waals surface area (Å²) in [4.78, 5) is 48.9. The molecule has 0 aliphatic carbocycles. The lowest BCUT2D eigenvalue weighted by Gasteiger charge is -2.12. The monoisotopic (exact) mass is 498 g/mol. The van der Waals surface area contributed by atoms with Crippen LogP contribution in [0.5, 0.6) is 0 Å². The van der Waals surface area contributed by atoms with Crippen molar-refractivity contribution in [3.63, 3.8) is 0 Å². The molecular formula is C23H15ClN2O7S. The number of nitro benzene ring substituents is 1. The van der Waals surface area contributed by atoms with Crippen molar-refractivity contribution in [3.8, 4) is 11.3 Å². The predicted molar refractivity (Wildman–Crippen MR) is 125 cm³/mol. The number of carbonyl (C=O) groups is 3. The zero-order valence-corrected chi connectivity index (χ0v) is 19.1. The fraction of sp³-hybridized carbons (Fsp3) is 0.0870. The normalized spacial score (nSPS) is 14.6. The number of carbonyl (C=O) groups excluding carboxylic acids is 3. The van der Waals surface area contributed by atoms with Gasteiger partial charge in [-0.3, -0.25) is 24.6 Å². The lowest BCUT2D eigenvalue weighted by molar-refractivity contribution is -0.385. The van der Waals surface area contributed by atoms with Crippen LogP contribution in [-0.2, 0) is 16.1 Å². The summed E-state index contributed by atoms with van der Waals surface area (Å²) in [6.07, 6.45) is 1.42. The van der Waals surface area contributed by atoms with Crippen molar-refractivity contribution < 1.29 is 28.5 Å². The van der Waals surface area contributed by atoms with Gasteiger partial charge in [0, 0.05) is 23.3 Å². The molecule has 34 heavy (non-hydrogen) atoms. The first-order valence-electron chi connectivity index (χ1n) is 9.74. The van der Waals surface area contributed by atoms with Gasteiger partial charge in [-0.2, -0.15) is 0 Å². The Balaban J connectivity index is 1.56. The molecule has 0 spiro atoms. The average Bonchev–Trinajstić information content (AvgIpc) is 3.39. The molecule has 2 aromatic carbocycles. The van der Waals surface area contributed by atoms with Crippen LogP contribution in [0.25, 0.3) is 17.4 Å². The highest BCUT2D eigenvalue weighted by atomic mass is 35.5. The molecule has 0 saturated carbocycles. The number of para-hydroxylation sites is 1. The summed E-state index contributed by atoms with van der Waals surface area (Å²) in [5, 5.41) is 10.9. The SMILES string of the molecule is COC(=O)c1cc(-c2ccc(/C=C3/SC(=O)N(Cc4ccccc4[N+](=O)[O-])C3=O)o2)ccc1Cl. The quantitative estimate of drug-likeness (QED) is 0.188. The first kappa shape index (κ1) is 23.3. The van der Waals surface area contributed by atoms with Crippen molar-refractivity contribution in [2.75, 3.05) is 7.11 Å². The number of amides is 2. The second kappa shape index (κ2) is 9.54. The number of esters is 1. The molecule has 0 unspecified atom stereocenters. The van der Waals surface area contributed by atoms with Crippen LogP contribution in [0.4, 0.5) is 10.5 Å². The Morgan fingerprint density at radius 2 is 1.97 bits per heavy atom. The Morgan fingerprint density at radius 1 is 1.21 bits per heavy atom. The van der Waals surface area contributed by atoms with Gasteiger partial charge in [0.1, 0.15) is 11.5 Å². The topological polar surface area (TPSA) is 120 Å². The lowest BCUT2D eigenvalue weighted by Crippen LogP contribution is -2.27. The Morgan fingerprint density at radius 3 is 2.71 bits per heavy atom. The van der Waals surface area contributed by atoms with Crippen LogP contribution < -0.4 is 0 Å². The maximum absolute atomic E-state index is 12.8. The summed E-state index contributed by atoms with van der Waals surface area (Å²) >= 11 is 6.77. The van der Waals surface area contributed by atoms with E-state index in [1.54, 1.807) is 30.3 Å². The van der Waals surface area contributed by atoms with Gasteiger partial charge in [0.2, 0.25) is 0 Å². The van der Waals surface area contributed by atoms with Crippen molar-refractivity contribution in [2.24, 2.45) is 0 Å². The Kier molecular flexibility index (Phi) is 6.53. The van der Waals surface area contributed by atoms with Crippen LogP contribution >= 0.6 is 23.4 Å². The van der Waals surface area contributed by atoms with Crippen molar-refractivity contribution in [3.05, 3.63) is 91.5 Å². The molecule has 1 aliphatic heterocycles. The van der Waals surface area contributed by atoms with Crippen molar-refractivity contribution in [1.29, 1.82) is 0 Å². The molecule has 9 nitrogen and oxygen atoms in total. The van der Waals surface area contributed by atoms with E-state index in [0.717, 1.165) is 4.90 Å². The first-order valence-corrected chi connectivity index (χ1v) is 10.9. The highest BCUT2D eigenvalue weighted by Gasteiger charge is 2.36. The molecule has 1 fully saturated rings. The molecule has 0 radical (unpaired) electrons. The number of furan rings is 1. The number of imide groups is 1. The van der Waals surface area contributed by atoms with Crippen molar-refractivity contribution in [1.82, 2.24) is 4.90 Å². The van der Waals surface area contributed by atoms with Gasteiger partial charge in [-0.15, -0.1) is 0 Å². The van der Waals surface area contributed by atoms with Gasteiger partial charge in [0.05, 0.1) is 34.1 Å². The number of nitrogens with zero attached hydrogens (tertiary/aromatic N) is 2. The number of hydrogen-bond acceptors (Lipinski definition) is 8. The molecule has 0 bridgehead atoms. The van der Waals surface area contributed by atoms with Gasteiger partial charge in [-0.1, -0.05) is 29.8 Å². The second-order valence-corrected chi connectivity index (χ2v) is 8.44. The maximum Gasteiger partial charge on any atom is 0.339 e. The van der Waals surface area contributed by atoms with Crippen LogP contribution in [0.2, 0.25) is 5.02 Å². The van der Waals surface area contributed by atoms with Crippen LogP contribution in [-0.4, -0.2) is 34.0 Å². The molecular weight excluding hydrogens is 484 g/mol. The summed E-state index contributed by atoms with van der Waals surface area (Å²) in [6, 6.07) is 13.9. The van der Waals surface area contributed by atoms with Gasteiger partial charge < -0.3 is 9.15 Å². The molecule has 2 heterocycles. The summed E-state index contributed by atoms with van der Waals surface area (Å²) < 4.78 is 10.5. The van der Waals surface area contributed by atoms with E-state index >= 15 is 0 Å². The first-order chi connectivity index (χ1) is 16.3. The molecule has 3 aromatic rings. The van der Waals surface area contributed by atoms with E-state index in [9.17, 15) is 24.5 Å². The smallest absolute Gasteiger partial charge is 0.339 e. The molecule has 2 amide bonds. The number of thioether (sulfide) groups is 1. The maximum atomic E-state index is 12.8. The average molecular weight is 499 g/mol. The van der Waals surface area contributed by atoms with Gasteiger partial charge in [0.25, 0.3) is 16.8 Å². The molecule has 0 N–H and O–H groups in total. The zero-order valence-electron chi connectivity index (χ0n) is 17.5. The third kappa shape index (κ3) is 4.59. The van der Waals surface area contributed by atoms with E-state index in [4.69, 9.17) is 20.8 Å². The molecule has 1 aromatic heterocycles. The van der Waals surface area contributed by atoms with Crippen molar-refractivity contribution in [2.45, 2.75) is 6.54 Å². The summed E-state index contributed by atoms with van der Waals surface area (Å²) in [7, 11) is 1.25. The minimum absolute atomic E-state index is 0.121. The minimum atomic E-state index is -0.592. The van der Waals surface area contributed by atoms with E-state index in [1.807, 2.05) is 0 Å². The minimum Gasteiger partial charge on any atom is -0.465 e. The van der Waals surface area contributed by atoms with E-state index in [2.05, 4.69) is 0 Å². The van der Waals surface area contributed by atoms with Crippen LogP contribution in [0.15, 0.2) is 63.9 Å². The Labute approximate surface area is 202 Å². The zero-order chi connectivity index (χ0) is 24.4. The molecule has 1 saturated heterocycles. The van der Waals surface area contributed by atoms with E-state index in [-0.39, 0.29) is 33.3 Å². The number of methoxy groups -OCH3 is 1. The number of halogens is 1. The molecule has 0 atom stereocenters. The van der Waals surface area contributed by atoms with Gasteiger partial charge in [-0.05, 0) is 42.1 Å². The number of benzene rings is 2. The summed E-state index contributed by atoms with van der Waals surface area (Å²) in [6.45, 7) is -0.219. The van der Waals surface area contributed by atoms with Crippen LogP contribution in [0.1, 0.15) is 21.7 Å². The van der Waals surface area contributed by atoms with Gasteiger partial charge >= 0.3 is 5.97 Å². The molecule has 1 aliphatic rings. The highest BCUT2D eigenvalue weighted by molar-refractivity contribution is 8.18. The van der Waals surface area contributed by atoms with Gasteiger partial charge in [-0.25, -0.2) is 4.79 Å². The predicted octanol–water partition coefficient (Wildman–Crippen LogP) is 5.53. The Bertz CT molecular complexity index is 1360. The second-order valence-electron chi connectivity index (χ2n) is 7.04. The van der Waals surface area contributed by atoms with Crippen LogP contribution in [0.3, 0.4) is 0 Å². The van der Waals surface area contributed by atoms with Crippen molar-refractivity contribution >= 4 is 52.2 Å².